The van der Waals surface area contributed by atoms with E-state index >= 15 is 0 Å². The maximum atomic E-state index is 12.9. The van der Waals surface area contributed by atoms with Crippen LogP contribution in [-0.2, 0) is 6.42 Å². The van der Waals surface area contributed by atoms with Gasteiger partial charge in [-0.25, -0.2) is 9.97 Å². The molecule has 0 saturated heterocycles. The topological polar surface area (TPSA) is 75.1 Å². The fourth-order valence-electron chi connectivity index (χ4n) is 3.83. The van der Waals surface area contributed by atoms with Gasteiger partial charge in [-0.15, -0.1) is 11.3 Å². The van der Waals surface area contributed by atoms with Gasteiger partial charge in [0.2, 0.25) is 5.95 Å². The Bertz CT molecular complexity index is 1220. The molecule has 0 bridgehead atoms. The number of ketones is 1. The summed E-state index contributed by atoms with van der Waals surface area (Å²) >= 11 is 1.47. The second-order valence-electron chi connectivity index (χ2n) is 8.37. The van der Waals surface area contributed by atoms with E-state index in [1.165, 1.54) is 22.5 Å². The molecule has 2 heterocycles. The Balaban J connectivity index is 1.42. The maximum Gasteiger partial charge on any atom is 0.227 e. The van der Waals surface area contributed by atoms with Crippen molar-refractivity contribution in [1.82, 2.24) is 9.97 Å². The first-order valence-electron chi connectivity index (χ1n) is 11.6. The summed E-state index contributed by atoms with van der Waals surface area (Å²) in [5, 5.41) is 12.3. The summed E-state index contributed by atoms with van der Waals surface area (Å²) in [7, 11) is 0. The van der Waals surface area contributed by atoms with Crippen molar-refractivity contribution < 1.29 is 9.90 Å². The molecular weight excluding hydrogens is 442 g/mol. The third-order valence-electron chi connectivity index (χ3n) is 5.71. The normalized spacial score (nSPS) is 11.8. The Hall–Kier alpha value is -3.35. The quantitative estimate of drug-likeness (QED) is 0.189. The van der Waals surface area contributed by atoms with Crippen molar-refractivity contribution >= 4 is 28.8 Å². The predicted molar refractivity (Wildman–Crippen MR) is 139 cm³/mol. The van der Waals surface area contributed by atoms with Gasteiger partial charge in [-0.1, -0.05) is 49.4 Å². The summed E-state index contributed by atoms with van der Waals surface area (Å²) in [6, 6.07) is 24.0. The van der Waals surface area contributed by atoms with Crippen LogP contribution in [0.1, 0.15) is 52.9 Å². The van der Waals surface area contributed by atoms with E-state index in [4.69, 9.17) is 5.11 Å². The van der Waals surface area contributed by atoms with Crippen LogP contribution in [0.3, 0.4) is 0 Å². The predicted octanol–water partition coefficient (Wildman–Crippen LogP) is 6.64. The van der Waals surface area contributed by atoms with Crippen LogP contribution in [0.25, 0.3) is 10.6 Å². The molecule has 4 rings (SSSR count). The Labute approximate surface area is 204 Å². The molecule has 0 radical (unpaired) electrons. The first-order valence-corrected chi connectivity index (χ1v) is 12.4. The largest absolute Gasteiger partial charge is 0.396 e. The minimum Gasteiger partial charge on any atom is -0.396 e. The number of aryl methyl sites for hydroxylation is 1. The number of Topliss-reactive ketones (excluding diaryl/α,β-unsaturated/α-hetero) is 1. The molecule has 0 fully saturated rings. The molecule has 0 aliphatic rings. The molecule has 174 valence electrons. The zero-order valence-corrected chi connectivity index (χ0v) is 20.1. The summed E-state index contributed by atoms with van der Waals surface area (Å²) in [5.41, 5.74) is 4.10. The van der Waals surface area contributed by atoms with Crippen molar-refractivity contribution in [3.8, 4) is 10.6 Å². The zero-order valence-electron chi connectivity index (χ0n) is 19.3. The molecule has 2 aromatic carbocycles. The highest BCUT2D eigenvalue weighted by atomic mass is 32.1. The van der Waals surface area contributed by atoms with Gasteiger partial charge in [0.1, 0.15) is 0 Å². The number of rotatable bonds is 11. The van der Waals surface area contributed by atoms with Crippen molar-refractivity contribution in [3.05, 3.63) is 95.0 Å². The fourth-order valence-corrected chi connectivity index (χ4v) is 4.76. The van der Waals surface area contributed by atoms with Crippen LogP contribution < -0.4 is 5.32 Å². The molecule has 0 saturated carbocycles. The van der Waals surface area contributed by atoms with E-state index in [-0.39, 0.29) is 18.3 Å². The Morgan fingerprint density at radius 1 is 1.03 bits per heavy atom. The van der Waals surface area contributed by atoms with Crippen LogP contribution in [0.5, 0.6) is 0 Å². The molecule has 0 amide bonds. The number of carbonyl (C=O) groups is 1. The van der Waals surface area contributed by atoms with Crippen molar-refractivity contribution in [2.75, 3.05) is 11.9 Å². The highest BCUT2D eigenvalue weighted by molar-refractivity contribution is 7.17. The fraction of sp³-hybridized carbons (Fsp3) is 0.250. The Kier molecular flexibility index (Phi) is 8.17. The number of nitrogens with zero attached hydrogens (tertiary/aromatic N) is 2. The number of unbranched alkanes of at least 4 members (excludes halogenated alkanes) is 1. The molecule has 1 atom stereocenters. The van der Waals surface area contributed by atoms with E-state index < -0.39 is 0 Å². The van der Waals surface area contributed by atoms with Crippen molar-refractivity contribution in [2.24, 2.45) is 0 Å². The lowest BCUT2D eigenvalue weighted by Crippen LogP contribution is -2.03. The monoisotopic (exact) mass is 471 g/mol. The lowest BCUT2D eigenvalue weighted by atomic mass is 9.95. The second-order valence-corrected chi connectivity index (χ2v) is 9.46. The van der Waals surface area contributed by atoms with Crippen LogP contribution in [0, 0.1) is 0 Å². The number of nitrogens with one attached hydrogen (secondary N) is 1. The lowest BCUT2D eigenvalue weighted by Gasteiger charge is -2.10. The van der Waals surface area contributed by atoms with Crippen LogP contribution >= 0.6 is 11.3 Å². The summed E-state index contributed by atoms with van der Waals surface area (Å²) in [6.45, 7) is 2.31. The SMILES string of the molecule is C[C@@H](CC(=O)c1ccc(-c2ccnc(Nc3cccc(CCCCO)c3)n2)s1)c1ccccc1. The first kappa shape index (κ1) is 23.8. The molecule has 5 nitrogen and oxygen atoms in total. The maximum absolute atomic E-state index is 12.9. The van der Waals surface area contributed by atoms with Gasteiger partial charge in [0.25, 0.3) is 0 Å². The average molecular weight is 472 g/mol. The number of hydrogen-bond donors (Lipinski definition) is 2. The van der Waals surface area contributed by atoms with Crippen LogP contribution in [0.15, 0.2) is 79.0 Å². The number of anilines is 2. The zero-order chi connectivity index (χ0) is 23.8. The number of aliphatic hydroxyl groups is 1. The standard InChI is InChI=1S/C28H29N3O2S/c1-20(22-10-3-2-4-11-22)18-25(33)27-14-13-26(34-27)24-15-16-29-28(31-24)30-23-12-7-9-21(19-23)8-5-6-17-32/h2-4,7,9-16,19-20,32H,5-6,8,17-18H2,1H3,(H,29,30,31)/t20-/m0/s1. The van der Waals surface area contributed by atoms with Gasteiger partial charge in [0.05, 0.1) is 15.4 Å². The van der Waals surface area contributed by atoms with Gasteiger partial charge in [0, 0.05) is 24.9 Å². The number of benzene rings is 2. The molecule has 2 N–H and O–H groups in total. The van der Waals surface area contributed by atoms with Crippen molar-refractivity contribution in [1.29, 1.82) is 0 Å². The minimum absolute atomic E-state index is 0.151. The third kappa shape index (κ3) is 6.37. The van der Waals surface area contributed by atoms with E-state index in [9.17, 15) is 4.79 Å². The Morgan fingerprint density at radius 2 is 1.88 bits per heavy atom. The van der Waals surface area contributed by atoms with E-state index in [1.54, 1.807) is 6.20 Å². The third-order valence-corrected chi connectivity index (χ3v) is 6.85. The minimum atomic E-state index is 0.151. The molecule has 0 spiro atoms. The molecular formula is C28H29N3O2S. The molecule has 34 heavy (non-hydrogen) atoms. The first-order chi connectivity index (χ1) is 16.6. The summed E-state index contributed by atoms with van der Waals surface area (Å²) in [5.74, 6) is 0.843. The Morgan fingerprint density at radius 3 is 2.71 bits per heavy atom. The number of hydrogen-bond acceptors (Lipinski definition) is 6. The molecule has 0 aliphatic heterocycles. The number of aliphatic hydroxyl groups excluding tert-OH is 1. The number of thiophene rings is 1. The lowest BCUT2D eigenvalue weighted by molar-refractivity contribution is 0.0979. The number of carbonyl (C=O) groups excluding carboxylic acids is 1. The summed E-state index contributed by atoms with van der Waals surface area (Å²) in [6.07, 6.45) is 4.89. The smallest absolute Gasteiger partial charge is 0.227 e. The number of aromatic nitrogens is 2. The van der Waals surface area contributed by atoms with E-state index in [1.807, 2.05) is 48.5 Å². The molecule has 0 aliphatic carbocycles. The molecule has 2 aromatic heterocycles. The van der Waals surface area contributed by atoms with Crippen LogP contribution in [0.2, 0.25) is 0 Å². The van der Waals surface area contributed by atoms with E-state index in [2.05, 4.69) is 46.5 Å². The van der Waals surface area contributed by atoms with Gasteiger partial charge in [0.15, 0.2) is 5.78 Å². The summed E-state index contributed by atoms with van der Waals surface area (Å²) < 4.78 is 0. The van der Waals surface area contributed by atoms with Gasteiger partial charge >= 0.3 is 0 Å². The second kappa shape index (κ2) is 11.7. The highest BCUT2D eigenvalue weighted by Gasteiger charge is 2.16. The van der Waals surface area contributed by atoms with E-state index in [0.29, 0.717) is 12.4 Å². The van der Waals surface area contributed by atoms with Gasteiger partial charge in [-0.2, -0.15) is 0 Å². The molecule has 6 heteroatoms. The van der Waals surface area contributed by atoms with Gasteiger partial charge in [-0.05, 0) is 66.6 Å². The van der Waals surface area contributed by atoms with Crippen molar-refractivity contribution in [2.45, 2.75) is 38.5 Å². The van der Waals surface area contributed by atoms with Gasteiger partial charge < -0.3 is 10.4 Å². The van der Waals surface area contributed by atoms with Crippen LogP contribution in [-0.4, -0.2) is 27.5 Å². The average Bonchev–Trinajstić information content (AvgIpc) is 3.36. The highest BCUT2D eigenvalue weighted by Crippen LogP contribution is 2.30. The van der Waals surface area contributed by atoms with Crippen LogP contribution in [0.4, 0.5) is 11.6 Å². The van der Waals surface area contributed by atoms with Crippen molar-refractivity contribution in [3.63, 3.8) is 0 Å². The molecule has 4 aromatic rings. The molecule has 0 unspecified atom stereocenters. The van der Waals surface area contributed by atoms with E-state index in [0.717, 1.165) is 40.4 Å². The van der Waals surface area contributed by atoms with Gasteiger partial charge in [-0.3, -0.25) is 4.79 Å². The summed E-state index contributed by atoms with van der Waals surface area (Å²) in [4.78, 5) is 23.6.